The summed E-state index contributed by atoms with van der Waals surface area (Å²) in [5.74, 6) is -1.06. The van der Waals surface area contributed by atoms with Crippen molar-refractivity contribution in [3.8, 4) is 5.69 Å². The molecule has 0 unspecified atom stereocenters. The van der Waals surface area contributed by atoms with Crippen molar-refractivity contribution in [2.24, 2.45) is 0 Å². The third kappa shape index (κ3) is 4.06. The number of benzene rings is 1. The second kappa shape index (κ2) is 7.20. The minimum absolute atomic E-state index is 0.155. The van der Waals surface area contributed by atoms with E-state index in [1.54, 1.807) is 4.90 Å². The van der Waals surface area contributed by atoms with Crippen molar-refractivity contribution in [3.63, 3.8) is 0 Å². The number of halogens is 1. The molecule has 0 spiro atoms. The molecule has 2 aromatic rings. The molecule has 0 aliphatic carbocycles. The molecule has 8 nitrogen and oxygen atoms in total. The summed E-state index contributed by atoms with van der Waals surface area (Å²) in [5.41, 5.74) is 0.0733. The first kappa shape index (κ1) is 16.7. The average Bonchev–Trinajstić information content (AvgIpc) is 3.24. The summed E-state index contributed by atoms with van der Waals surface area (Å²) in [6.45, 7) is 1.20. The van der Waals surface area contributed by atoms with Gasteiger partial charge in [-0.1, -0.05) is 0 Å². The first-order valence-electron chi connectivity index (χ1n) is 7.93. The number of aromatic nitrogens is 2. The second-order valence-electron chi connectivity index (χ2n) is 5.73. The third-order valence-electron chi connectivity index (χ3n) is 3.89. The Kier molecular flexibility index (Phi) is 4.82. The summed E-state index contributed by atoms with van der Waals surface area (Å²) < 4.78 is 15.4. The molecule has 3 amide bonds. The van der Waals surface area contributed by atoms with Crippen LogP contribution in [0, 0.1) is 5.82 Å². The molecule has 1 aromatic heterocycles. The summed E-state index contributed by atoms with van der Waals surface area (Å²) >= 11 is 0. The van der Waals surface area contributed by atoms with E-state index in [1.807, 2.05) is 0 Å². The van der Waals surface area contributed by atoms with Gasteiger partial charge in [0, 0.05) is 31.0 Å². The third-order valence-corrected chi connectivity index (χ3v) is 3.89. The van der Waals surface area contributed by atoms with Crippen LogP contribution in [0.2, 0.25) is 0 Å². The summed E-state index contributed by atoms with van der Waals surface area (Å²) in [7, 11) is 0. The Morgan fingerprint density at radius 2 is 1.96 bits per heavy atom. The number of anilines is 1. The van der Waals surface area contributed by atoms with Crippen molar-refractivity contribution < 1.29 is 14.0 Å². The number of hydrogen-bond donors (Lipinski definition) is 3. The fraction of sp³-hybridized carbons (Fsp3) is 0.312. The first-order valence-corrected chi connectivity index (χ1v) is 7.93. The molecule has 25 heavy (non-hydrogen) atoms. The number of aromatic amines is 1. The highest BCUT2D eigenvalue weighted by Gasteiger charge is 2.18. The lowest BCUT2D eigenvalue weighted by Gasteiger charge is -2.16. The van der Waals surface area contributed by atoms with Crippen LogP contribution in [0.1, 0.15) is 12.8 Å². The van der Waals surface area contributed by atoms with Gasteiger partial charge < -0.3 is 15.5 Å². The molecule has 1 aliphatic heterocycles. The predicted octanol–water partition coefficient (Wildman–Crippen LogP) is 1.05. The fourth-order valence-electron chi connectivity index (χ4n) is 2.65. The van der Waals surface area contributed by atoms with Crippen LogP contribution in [0.4, 0.5) is 14.9 Å². The van der Waals surface area contributed by atoms with Crippen LogP contribution in [0.25, 0.3) is 5.69 Å². The smallest absolute Gasteiger partial charge is 0.317 e. The molecule has 0 radical (unpaired) electrons. The zero-order valence-corrected chi connectivity index (χ0v) is 13.4. The summed E-state index contributed by atoms with van der Waals surface area (Å²) in [6, 6.07) is 5.10. The minimum Gasteiger partial charge on any atom is -0.329 e. The number of nitrogens with one attached hydrogen (secondary N) is 3. The van der Waals surface area contributed by atoms with Gasteiger partial charge >= 0.3 is 6.03 Å². The van der Waals surface area contributed by atoms with Gasteiger partial charge in [-0.3, -0.25) is 19.4 Å². The maximum Gasteiger partial charge on any atom is 0.317 e. The zero-order valence-electron chi connectivity index (χ0n) is 13.4. The molecular weight excluding hydrogens is 329 g/mol. The van der Waals surface area contributed by atoms with Gasteiger partial charge in [0.25, 0.3) is 5.56 Å². The Morgan fingerprint density at radius 3 is 2.60 bits per heavy atom. The SMILES string of the molecule is O=C(CNC(=O)N1CCCC1)Nc1ccc(-n2ccc(=O)[nH]2)c(F)c1. The number of likely N-dealkylation sites (tertiary alicyclic amines) is 1. The lowest BCUT2D eigenvalue weighted by Crippen LogP contribution is -2.41. The van der Waals surface area contributed by atoms with E-state index in [9.17, 15) is 18.8 Å². The normalized spacial score (nSPS) is 13.7. The Morgan fingerprint density at radius 1 is 1.20 bits per heavy atom. The largest absolute Gasteiger partial charge is 0.329 e. The van der Waals surface area contributed by atoms with E-state index < -0.39 is 11.7 Å². The highest BCUT2D eigenvalue weighted by molar-refractivity contribution is 5.94. The molecule has 0 saturated carbocycles. The fourth-order valence-corrected chi connectivity index (χ4v) is 2.65. The lowest BCUT2D eigenvalue weighted by molar-refractivity contribution is -0.115. The number of rotatable bonds is 4. The molecule has 0 bridgehead atoms. The van der Waals surface area contributed by atoms with E-state index in [1.165, 1.54) is 29.1 Å². The van der Waals surface area contributed by atoms with Gasteiger partial charge in [0.15, 0.2) is 5.82 Å². The molecule has 132 valence electrons. The molecule has 1 fully saturated rings. The van der Waals surface area contributed by atoms with Crippen LogP contribution < -0.4 is 16.2 Å². The van der Waals surface area contributed by atoms with Gasteiger partial charge in [-0.2, -0.15) is 0 Å². The van der Waals surface area contributed by atoms with E-state index in [0.717, 1.165) is 18.9 Å². The van der Waals surface area contributed by atoms with Crippen LogP contribution in [0.3, 0.4) is 0 Å². The van der Waals surface area contributed by atoms with Crippen LogP contribution in [-0.2, 0) is 4.79 Å². The molecular formula is C16H18FN5O3. The van der Waals surface area contributed by atoms with E-state index >= 15 is 0 Å². The van der Waals surface area contributed by atoms with Gasteiger partial charge in [-0.05, 0) is 31.0 Å². The standard InChI is InChI=1S/C16H18FN5O3/c17-12-9-11(3-4-13(12)22-8-5-14(23)20-22)19-15(24)10-18-16(25)21-6-1-2-7-21/h3-5,8-9H,1-2,6-7,10H2,(H,18,25)(H,19,24)(H,20,23). The highest BCUT2D eigenvalue weighted by Crippen LogP contribution is 2.17. The summed E-state index contributed by atoms with van der Waals surface area (Å²) in [5, 5.41) is 7.49. The first-order chi connectivity index (χ1) is 12.0. The maximum absolute atomic E-state index is 14.1. The van der Waals surface area contributed by atoms with Gasteiger partial charge in [0.2, 0.25) is 5.91 Å². The Labute approximate surface area is 142 Å². The Bertz CT molecular complexity index is 838. The van der Waals surface area contributed by atoms with Crippen LogP contribution in [-0.4, -0.2) is 46.3 Å². The monoisotopic (exact) mass is 347 g/mol. The quantitative estimate of drug-likeness (QED) is 0.771. The molecule has 3 rings (SSSR count). The van der Waals surface area contributed by atoms with Crippen molar-refractivity contribution in [1.82, 2.24) is 20.0 Å². The maximum atomic E-state index is 14.1. The predicted molar refractivity (Wildman–Crippen MR) is 89.2 cm³/mol. The molecule has 1 saturated heterocycles. The molecule has 9 heteroatoms. The summed E-state index contributed by atoms with van der Waals surface area (Å²) in [4.78, 5) is 36.5. The number of amides is 3. The molecule has 1 aromatic carbocycles. The van der Waals surface area contributed by atoms with Crippen molar-refractivity contribution in [3.05, 3.63) is 46.6 Å². The number of nitrogens with zero attached hydrogens (tertiary/aromatic N) is 2. The van der Waals surface area contributed by atoms with E-state index in [0.29, 0.717) is 13.1 Å². The minimum atomic E-state index is -0.606. The van der Waals surface area contributed by atoms with Crippen LogP contribution in [0.15, 0.2) is 35.3 Å². The highest BCUT2D eigenvalue weighted by atomic mass is 19.1. The molecule has 0 atom stereocenters. The summed E-state index contributed by atoms with van der Waals surface area (Å²) in [6.07, 6.45) is 3.35. The number of carbonyl (C=O) groups excluding carboxylic acids is 2. The van der Waals surface area contributed by atoms with Crippen LogP contribution in [0.5, 0.6) is 0 Å². The van der Waals surface area contributed by atoms with Gasteiger partial charge in [-0.25, -0.2) is 9.18 Å². The molecule has 3 N–H and O–H groups in total. The van der Waals surface area contributed by atoms with Crippen molar-refractivity contribution in [1.29, 1.82) is 0 Å². The lowest BCUT2D eigenvalue weighted by atomic mass is 10.2. The van der Waals surface area contributed by atoms with E-state index in [2.05, 4.69) is 15.7 Å². The molecule has 1 aliphatic rings. The number of carbonyl (C=O) groups is 2. The molecule has 2 heterocycles. The van der Waals surface area contributed by atoms with E-state index in [4.69, 9.17) is 0 Å². The van der Waals surface area contributed by atoms with Gasteiger partial charge in [-0.15, -0.1) is 0 Å². The van der Waals surface area contributed by atoms with Crippen molar-refractivity contribution in [2.75, 3.05) is 25.0 Å². The Hall–Kier alpha value is -3.10. The topological polar surface area (TPSA) is 99.2 Å². The second-order valence-corrected chi connectivity index (χ2v) is 5.73. The van der Waals surface area contributed by atoms with Crippen molar-refractivity contribution in [2.45, 2.75) is 12.8 Å². The Balaban J connectivity index is 1.57. The van der Waals surface area contributed by atoms with Crippen molar-refractivity contribution >= 4 is 17.6 Å². The number of H-pyrrole nitrogens is 1. The van der Waals surface area contributed by atoms with Crippen LogP contribution >= 0.6 is 0 Å². The number of hydrogen-bond acceptors (Lipinski definition) is 3. The van der Waals surface area contributed by atoms with E-state index in [-0.39, 0.29) is 29.5 Å². The zero-order chi connectivity index (χ0) is 17.8. The average molecular weight is 347 g/mol. The number of urea groups is 1. The van der Waals surface area contributed by atoms with Gasteiger partial charge in [0.05, 0.1) is 12.2 Å². The van der Waals surface area contributed by atoms with Gasteiger partial charge in [0.1, 0.15) is 0 Å².